The van der Waals surface area contributed by atoms with Crippen molar-refractivity contribution in [3.63, 3.8) is 0 Å². The molecule has 1 aromatic carbocycles. The molecule has 3 N–H and O–H groups in total. The van der Waals surface area contributed by atoms with Gasteiger partial charge in [-0.05, 0) is 38.3 Å². The molecule has 0 saturated heterocycles. The molecule has 0 aliphatic heterocycles. The van der Waals surface area contributed by atoms with E-state index in [1.807, 2.05) is 6.20 Å². The first-order valence-corrected chi connectivity index (χ1v) is 6.51. The SMILES string of the molecule is COc1c(C2(C(C)N)CC2)ccc2[nH]cc(C)c12. The Hall–Kier alpha value is -1.48. The molecule has 1 unspecified atom stereocenters. The first kappa shape index (κ1) is 11.6. The molecule has 3 heteroatoms. The standard InChI is InChI=1S/C15H20N2O/c1-9-8-17-12-5-4-11(14(18-3)13(9)12)15(6-7-15)10(2)16/h4-5,8,10,17H,6-7,16H2,1-3H3. The molecule has 1 fully saturated rings. The van der Waals surface area contributed by atoms with Gasteiger partial charge in [-0.15, -0.1) is 0 Å². The number of fused-ring (bicyclic) bond motifs is 1. The van der Waals surface area contributed by atoms with E-state index in [4.69, 9.17) is 10.5 Å². The molecule has 2 aromatic rings. The van der Waals surface area contributed by atoms with Crippen molar-refractivity contribution < 1.29 is 4.74 Å². The first-order valence-electron chi connectivity index (χ1n) is 6.51. The van der Waals surface area contributed by atoms with Crippen LogP contribution in [0.2, 0.25) is 0 Å². The van der Waals surface area contributed by atoms with Crippen LogP contribution in [0.4, 0.5) is 0 Å². The summed E-state index contributed by atoms with van der Waals surface area (Å²) in [6.45, 7) is 4.21. The van der Waals surface area contributed by atoms with Gasteiger partial charge in [0.05, 0.1) is 7.11 Å². The van der Waals surface area contributed by atoms with Gasteiger partial charge in [-0.1, -0.05) is 6.07 Å². The third-order valence-electron chi connectivity index (χ3n) is 4.40. The fourth-order valence-electron chi connectivity index (χ4n) is 3.06. The lowest BCUT2D eigenvalue weighted by Gasteiger charge is -2.23. The number of ether oxygens (including phenoxy) is 1. The fraction of sp³-hybridized carbons (Fsp3) is 0.467. The van der Waals surface area contributed by atoms with E-state index in [2.05, 4.69) is 31.0 Å². The normalized spacial score (nSPS) is 18.9. The highest BCUT2D eigenvalue weighted by atomic mass is 16.5. The van der Waals surface area contributed by atoms with Crippen LogP contribution in [0.3, 0.4) is 0 Å². The van der Waals surface area contributed by atoms with E-state index in [9.17, 15) is 0 Å². The molecular weight excluding hydrogens is 224 g/mol. The molecule has 0 bridgehead atoms. The molecule has 1 aliphatic rings. The van der Waals surface area contributed by atoms with Crippen molar-refractivity contribution >= 4 is 10.9 Å². The topological polar surface area (TPSA) is 51.0 Å². The maximum absolute atomic E-state index is 6.18. The molecule has 96 valence electrons. The third-order valence-corrected chi connectivity index (χ3v) is 4.40. The number of aromatic amines is 1. The van der Waals surface area contributed by atoms with Gasteiger partial charge < -0.3 is 15.5 Å². The first-order chi connectivity index (χ1) is 8.60. The Morgan fingerprint density at radius 1 is 1.39 bits per heavy atom. The lowest BCUT2D eigenvalue weighted by molar-refractivity contribution is 0.403. The van der Waals surface area contributed by atoms with E-state index in [1.165, 1.54) is 16.5 Å². The zero-order valence-corrected chi connectivity index (χ0v) is 11.2. The molecule has 0 amide bonds. The molecule has 1 aliphatic carbocycles. The van der Waals surface area contributed by atoms with Crippen LogP contribution in [-0.2, 0) is 5.41 Å². The second kappa shape index (κ2) is 3.75. The highest BCUT2D eigenvalue weighted by Crippen LogP contribution is 2.54. The van der Waals surface area contributed by atoms with Crippen LogP contribution in [0.5, 0.6) is 5.75 Å². The van der Waals surface area contributed by atoms with Crippen molar-refractivity contribution in [2.45, 2.75) is 38.1 Å². The maximum Gasteiger partial charge on any atom is 0.132 e. The Balaban J connectivity index is 2.27. The van der Waals surface area contributed by atoms with Gasteiger partial charge in [0.1, 0.15) is 5.75 Å². The minimum Gasteiger partial charge on any atom is -0.496 e. The van der Waals surface area contributed by atoms with Crippen LogP contribution in [0.15, 0.2) is 18.3 Å². The monoisotopic (exact) mass is 244 g/mol. The summed E-state index contributed by atoms with van der Waals surface area (Å²) in [5, 5.41) is 1.20. The molecule has 1 saturated carbocycles. The van der Waals surface area contributed by atoms with Gasteiger partial charge in [-0.2, -0.15) is 0 Å². The zero-order chi connectivity index (χ0) is 12.9. The predicted octanol–water partition coefficient (Wildman–Crippen LogP) is 2.86. The lowest BCUT2D eigenvalue weighted by atomic mass is 9.87. The van der Waals surface area contributed by atoms with Gasteiger partial charge in [0, 0.05) is 34.1 Å². The second-order valence-corrected chi connectivity index (χ2v) is 5.49. The van der Waals surface area contributed by atoms with Crippen LogP contribution in [0, 0.1) is 6.92 Å². The van der Waals surface area contributed by atoms with E-state index in [0.717, 1.165) is 24.1 Å². The average Bonchev–Trinajstić information content (AvgIpc) is 3.09. The van der Waals surface area contributed by atoms with Crippen LogP contribution < -0.4 is 10.5 Å². The van der Waals surface area contributed by atoms with Crippen molar-refractivity contribution in [2.24, 2.45) is 5.73 Å². The second-order valence-electron chi connectivity index (χ2n) is 5.49. The van der Waals surface area contributed by atoms with Gasteiger partial charge >= 0.3 is 0 Å². The summed E-state index contributed by atoms with van der Waals surface area (Å²) >= 11 is 0. The molecule has 3 rings (SSSR count). The predicted molar refractivity (Wildman–Crippen MR) is 74.1 cm³/mol. The van der Waals surface area contributed by atoms with E-state index >= 15 is 0 Å². The Kier molecular flexibility index (Phi) is 2.42. The Labute approximate surface area is 107 Å². The minimum atomic E-state index is 0.128. The zero-order valence-electron chi connectivity index (χ0n) is 11.2. The number of rotatable bonds is 3. The number of aromatic nitrogens is 1. The number of hydrogen-bond acceptors (Lipinski definition) is 2. The van der Waals surface area contributed by atoms with Gasteiger partial charge in [-0.3, -0.25) is 0 Å². The van der Waals surface area contributed by atoms with Crippen molar-refractivity contribution in [3.05, 3.63) is 29.5 Å². The van der Waals surface area contributed by atoms with E-state index in [0.29, 0.717) is 0 Å². The van der Waals surface area contributed by atoms with Gasteiger partial charge in [-0.25, -0.2) is 0 Å². The van der Waals surface area contributed by atoms with Crippen LogP contribution in [0.1, 0.15) is 30.9 Å². The van der Waals surface area contributed by atoms with Crippen LogP contribution >= 0.6 is 0 Å². The van der Waals surface area contributed by atoms with Crippen LogP contribution in [-0.4, -0.2) is 18.1 Å². The molecule has 1 aromatic heterocycles. The van der Waals surface area contributed by atoms with E-state index < -0.39 is 0 Å². The number of aryl methyl sites for hydroxylation is 1. The summed E-state index contributed by atoms with van der Waals surface area (Å²) in [4.78, 5) is 3.28. The lowest BCUT2D eigenvalue weighted by Crippen LogP contribution is -2.31. The number of methoxy groups -OCH3 is 1. The quantitative estimate of drug-likeness (QED) is 0.872. The van der Waals surface area contributed by atoms with Crippen molar-refractivity contribution in [1.29, 1.82) is 0 Å². The maximum atomic E-state index is 6.18. The Bertz CT molecular complexity index is 594. The van der Waals surface area contributed by atoms with Crippen LogP contribution in [0.25, 0.3) is 10.9 Å². The summed E-state index contributed by atoms with van der Waals surface area (Å²) in [5.41, 5.74) is 9.94. The Morgan fingerprint density at radius 2 is 2.11 bits per heavy atom. The average molecular weight is 244 g/mol. The molecule has 1 heterocycles. The van der Waals surface area contributed by atoms with Crippen molar-refractivity contribution in [2.75, 3.05) is 7.11 Å². The molecule has 3 nitrogen and oxygen atoms in total. The molecule has 0 spiro atoms. The number of nitrogens with one attached hydrogen (secondary N) is 1. The highest BCUT2D eigenvalue weighted by Gasteiger charge is 2.49. The largest absolute Gasteiger partial charge is 0.496 e. The molecule has 1 atom stereocenters. The smallest absolute Gasteiger partial charge is 0.132 e. The fourth-order valence-corrected chi connectivity index (χ4v) is 3.06. The number of H-pyrrole nitrogens is 1. The van der Waals surface area contributed by atoms with Crippen molar-refractivity contribution in [3.8, 4) is 5.75 Å². The number of nitrogens with two attached hydrogens (primary N) is 1. The van der Waals surface area contributed by atoms with Gasteiger partial charge in [0.2, 0.25) is 0 Å². The summed E-state index contributed by atoms with van der Waals surface area (Å²) in [7, 11) is 1.75. The number of hydrogen-bond donors (Lipinski definition) is 2. The van der Waals surface area contributed by atoms with Gasteiger partial charge in [0.25, 0.3) is 0 Å². The summed E-state index contributed by atoms with van der Waals surface area (Å²) in [5.74, 6) is 1.00. The van der Waals surface area contributed by atoms with Gasteiger partial charge in [0.15, 0.2) is 0 Å². The number of benzene rings is 1. The molecule has 0 radical (unpaired) electrons. The third kappa shape index (κ3) is 1.40. The summed E-state index contributed by atoms with van der Waals surface area (Å²) in [6, 6.07) is 4.49. The summed E-state index contributed by atoms with van der Waals surface area (Å²) < 4.78 is 5.70. The van der Waals surface area contributed by atoms with E-state index in [1.54, 1.807) is 7.11 Å². The minimum absolute atomic E-state index is 0.128. The molecule has 18 heavy (non-hydrogen) atoms. The summed E-state index contributed by atoms with van der Waals surface area (Å²) in [6.07, 6.45) is 4.36. The van der Waals surface area contributed by atoms with E-state index in [-0.39, 0.29) is 11.5 Å². The Morgan fingerprint density at radius 3 is 2.67 bits per heavy atom. The van der Waals surface area contributed by atoms with Crippen molar-refractivity contribution in [1.82, 2.24) is 4.98 Å². The highest BCUT2D eigenvalue weighted by molar-refractivity contribution is 5.91. The molecular formula is C15H20N2O.